The number of carbonyl (C=O) groups is 1. The van der Waals surface area contributed by atoms with Gasteiger partial charge in [0.25, 0.3) is 5.91 Å². The molecule has 0 aliphatic rings. The van der Waals surface area contributed by atoms with E-state index in [1.165, 1.54) is 6.07 Å². The number of hydrogen-bond acceptors (Lipinski definition) is 2. The van der Waals surface area contributed by atoms with Gasteiger partial charge in [0.05, 0.1) is 0 Å². The second-order valence-corrected chi connectivity index (χ2v) is 4.28. The van der Waals surface area contributed by atoms with Crippen molar-refractivity contribution in [2.24, 2.45) is 0 Å². The number of halogens is 3. The number of nitrogen functional groups attached to an aromatic ring is 1. The molecule has 0 saturated heterocycles. The molecule has 0 aromatic heterocycles. The van der Waals surface area contributed by atoms with Crippen LogP contribution in [0.15, 0.2) is 30.3 Å². The Bertz CT molecular complexity index is 663. The van der Waals surface area contributed by atoms with Crippen molar-refractivity contribution in [3.05, 3.63) is 58.9 Å². The molecule has 0 heterocycles. The van der Waals surface area contributed by atoms with Crippen molar-refractivity contribution >= 4 is 17.3 Å². The Kier molecular flexibility index (Phi) is 3.65. The summed E-state index contributed by atoms with van der Waals surface area (Å²) in [6, 6.07) is 6.14. The predicted molar refractivity (Wildman–Crippen MR) is 69.9 cm³/mol. The number of nitrogens with one attached hydrogen (secondary N) is 1. The molecule has 3 nitrogen and oxygen atoms in total. The van der Waals surface area contributed by atoms with E-state index in [1.807, 2.05) is 0 Å². The molecule has 0 fully saturated rings. The summed E-state index contributed by atoms with van der Waals surface area (Å²) in [4.78, 5) is 12.0. The van der Waals surface area contributed by atoms with Crippen LogP contribution >= 0.6 is 0 Å². The molecule has 2 rings (SSSR count). The van der Waals surface area contributed by atoms with Gasteiger partial charge in [-0.3, -0.25) is 4.79 Å². The van der Waals surface area contributed by atoms with Gasteiger partial charge < -0.3 is 11.1 Å². The van der Waals surface area contributed by atoms with Gasteiger partial charge in [-0.2, -0.15) is 0 Å². The van der Waals surface area contributed by atoms with Crippen LogP contribution in [0.5, 0.6) is 0 Å². The third-order valence-corrected chi connectivity index (χ3v) is 2.75. The Balaban J connectivity index is 2.30. The van der Waals surface area contributed by atoms with E-state index >= 15 is 0 Å². The van der Waals surface area contributed by atoms with Gasteiger partial charge in [0, 0.05) is 29.1 Å². The van der Waals surface area contributed by atoms with E-state index in [0.29, 0.717) is 23.4 Å². The number of benzene rings is 2. The summed E-state index contributed by atoms with van der Waals surface area (Å²) < 4.78 is 38.9. The maximum absolute atomic E-state index is 13.1. The number of anilines is 2. The molecule has 0 radical (unpaired) electrons. The number of nitrogens with two attached hydrogens (primary N) is 1. The van der Waals surface area contributed by atoms with Gasteiger partial charge in [-0.1, -0.05) is 6.07 Å². The zero-order valence-electron chi connectivity index (χ0n) is 10.5. The fraction of sp³-hybridized carbons (Fsp3) is 0.0714. The van der Waals surface area contributed by atoms with Crippen molar-refractivity contribution in [3.8, 4) is 0 Å². The molecule has 0 saturated carbocycles. The van der Waals surface area contributed by atoms with Crippen molar-refractivity contribution in [3.63, 3.8) is 0 Å². The molecule has 0 unspecified atom stereocenters. The molecule has 0 aliphatic carbocycles. The zero-order chi connectivity index (χ0) is 14.9. The van der Waals surface area contributed by atoms with Crippen molar-refractivity contribution < 1.29 is 18.0 Å². The lowest BCUT2D eigenvalue weighted by Gasteiger charge is -2.09. The van der Waals surface area contributed by atoms with Crippen LogP contribution in [0.2, 0.25) is 0 Å². The summed E-state index contributed by atoms with van der Waals surface area (Å²) in [6.07, 6.45) is 0. The van der Waals surface area contributed by atoms with Crippen molar-refractivity contribution in [1.29, 1.82) is 0 Å². The molecule has 1 amide bonds. The maximum Gasteiger partial charge on any atom is 0.256 e. The highest BCUT2D eigenvalue weighted by atomic mass is 19.2. The van der Waals surface area contributed by atoms with Crippen LogP contribution in [-0.2, 0) is 0 Å². The fourth-order valence-electron chi connectivity index (χ4n) is 1.71. The molecular weight excluding hydrogens is 269 g/mol. The highest BCUT2D eigenvalue weighted by Gasteiger charge is 2.14. The molecular formula is C14H11F3N2O. The Hall–Kier alpha value is -2.50. The Morgan fingerprint density at radius 3 is 2.30 bits per heavy atom. The average Bonchev–Trinajstić information content (AvgIpc) is 2.38. The number of rotatable bonds is 2. The molecule has 3 N–H and O–H groups in total. The first-order valence-electron chi connectivity index (χ1n) is 5.70. The van der Waals surface area contributed by atoms with Gasteiger partial charge in [0.15, 0.2) is 17.5 Å². The van der Waals surface area contributed by atoms with Crippen LogP contribution in [0.25, 0.3) is 0 Å². The van der Waals surface area contributed by atoms with Crippen LogP contribution < -0.4 is 11.1 Å². The first kappa shape index (κ1) is 13.9. The monoisotopic (exact) mass is 280 g/mol. The van der Waals surface area contributed by atoms with Crippen LogP contribution in [0.1, 0.15) is 15.9 Å². The topological polar surface area (TPSA) is 55.1 Å². The number of amides is 1. The minimum Gasteiger partial charge on any atom is -0.399 e. The first-order chi connectivity index (χ1) is 9.38. The van der Waals surface area contributed by atoms with Crippen LogP contribution in [0.4, 0.5) is 24.5 Å². The number of hydrogen-bond donors (Lipinski definition) is 2. The largest absolute Gasteiger partial charge is 0.399 e. The zero-order valence-corrected chi connectivity index (χ0v) is 10.5. The lowest BCUT2D eigenvalue weighted by molar-refractivity contribution is 0.102. The summed E-state index contributed by atoms with van der Waals surface area (Å²) >= 11 is 0. The minimum absolute atomic E-state index is 0.173. The molecule has 0 atom stereocenters. The second-order valence-electron chi connectivity index (χ2n) is 4.28. The number of aryl methyl sites for hydroxylation is 1. The van der Waals surface area contributed by atoms with Gasteiger partial charge in [-0.25, -0.2) is 13.2 Å². The molecule has 20 heavy (non-hydrogen) atoms. The summed E-state index contributed by atoms with van der Waals surface area (Å²) in [7, 11) is 0. The van der Waals surface area contributed by atoms with Crippen LogP contribution in [0.3, 0.4) is 0 Å². The predicted octanol–water partition coefficient (Wildman–Crippen LogP) is 3.25. The first-order valence-corrected chi connectivity index (χ1v) is 5.70. The molecule has 0 bridgehead atoms. The maximum atomic E-state index is 13.1. The van der Waals surface area contributed by atoms with E-state index in [4.69, 9.17) is 5.73 Å². The Morgan fingerprint density at radius 2 is 1.70 bits per heavy atom. The van der Waals surface area contributed by atoms with E-state index in [1.54, 1.807) is 19.1 Å². The van der Waals surface area contributed by atoms with Crippen molar-refractivity contribution in [1.82, 2.24) is 0 Å². The summed E-state index contributed by atoms with van der Waals surface area (Å²) in [5, 5.41) is 2.29. The van der Waals surface area contributed by atoms with Gasteiger partial charge >= 0.3 is 0 Å². The van der Waals surface area contributed by atoms with Gasteiger partial charge in [-0.15, -0.1) is 0 Å². The van der Waals surface area contributed by atoms with Crippen molar-refractivity contribution in [2.75, 3.05) is 11.1 Å². The molecule has 2 aromatic carbocycles. The molecule has 0 spiro atoms. The second kappa shape index (κ2) is 5.24. The Morgan fingerprint density at radius 1 is 1.10 bits per heavy atom. The summed E-state index contributed by atoms with van der Waals surface area (Å²) in [5.74, 6) is -4.91. The lowest BCUT2D eigenvalue weighted by atomic mass is 10.1. The third-order valence-electron chi connectivity index (χ3n) is 2.75. The Labute approximate surface area is 113 Å². The van der Waals surface area contributed by atoms with E-state index in [2.05, 4.69) is 5.32 Å². The summed E-state index contributed by atoms with van der Waals surface area (Å²) in [6.45, 7) is 1.69. The molecule has 2 aromatic rings. The average molecular weight is 280 g/mol. The molecule has 6 heteroatoms. The quantitative estimate of drug-likeness (QED) is 0.655. The van der Waals surface area contributed by atoms with Crippen molar-refractivity contribution in [2.45, 2.75) is 6.92 Å². The van der Waals surface area contributed by atoms with Crippen LogP contribution in [-0.4, -0.2) is 5.91 Å². The van der Waals surface area contributed by atoms with Gasteiger partial charge in [-0.05, 0) is 24.6 Å². The van der Waals surface area contributed by atoms with E-state index in [9.17, 15) is 18.0 Å². The third kappa shape index (κ3) is 2.74. The van der Waals surface area contributed by atoms with E-state index in [-0.39, 0.29) is 11.3 Å². The van der Waals surface area contributed by atoms with Crippen LogP contribution in [0, 0.1) is 24.4 Å². The van der Waals surface area contributed by atoms with E-state index in [0.717, 1.165) is 0 Å². The van der Waals surface area contributed by atoms with E-state index < -0.39 is 23.4 Å². The number of carbonyl (C=O) groups excluding carboxylic acids is 1. The highest BCUT2D eigenvalue weighted by Crippen LogP contribution is 2.19. The van der Waals surface area contributed by atoms with Gasteiger partial charge in [0.2, 0.25) is 0 Å². The fourth-order valence-corrected chi connectivity index (χ4v) is 1.71. The molecule has 0 aliphatic heterocycles. The standard InChI is InChI=1S/C14H11F3N2O/c1-7-2-3-8(18)4-10(7)14(20)19-9-5-11(15)13(17)12(16)6-9/h2-6H,18H2,1H3,(H,19,20). The smallest absolute Gasteiger partial charge is 0.256 e. The minimum atomic E-state index is -1.58. The molecule has 104 valence electrons. The lowest BCUT2D eigenvalue weighted by Crippen LogP contribution is -2.14. The highest BCUT2D eigenvalue weighted by molar-refractivity contribution is 6.05. The summed E-state index contributed by atoms with van der Waals surface area (Å²) in [5.41, 5.74) is 6.72. The SMILES string of the molecule is Cc1ccc(N)cc1C(=O)Nc1cc(F)c(F)c(F)c1. The normalized spacial score (nSPS) is 10.4. The van der Waals surface area contributed by atoms with Gasteiger partial charge in [0.1, 0.15) is 0 Å².